The molecule has 9 heteroatoms. The largest absolute Gasteiger partial charge is 0.394 e. The number of nitro groups is 1. The standard InChI is InChI=1S/C12H14N4O4S/c1-7(5-17)13-11(18)6-21-12-14-9-3-2-8(16(19)20)4-10(9)15-12/h2-4,7,17H,5-6H2,1H3,(H,13,18)(H,14,15)/t7-/m1/s1. The molecule has 112 valence electrons. The van der Waals surface area contributed by atoms with Gasteiger partial charge >= 0.3 is 0 Å². The lowest BCUT2D eigenvalue weighted by atomic mass is 10.3. The molecular formula is C12H14N4O4S. The molecule has 1 heterocycles. The van der Waals surface area contributed by atoms with E-state index in [2.05, 4.69) is 15.3 Å². The number of aliphatic hydroxyl groups excluding tert-OH is 1. The monoisotopic (exact) mass is 310 g/mol. The highest BCUT2D eigenvalue weighted by molar-refractivity contribution is 7.99. The summed E-state index contributed by atoms with van der Waals surface area (Å²) in [6.45, 7) is 1.58. The van der Waals surface area contributed by atoms with Crippen LogP contribution in [0, 0.1) is 10.1 Å². The molecule has 1 amide bonds. The van der Waals surface area contributed by atoms with Gasteiger partial charge in [0.05, 0.1) is 28.3 Å². The van der Waals surface area contributed by atoms with Gasteiger partial charge in [-0.2, -0.15) is 0 Å². The molecule has 2 aromatic rings. The van der Waals surface area contributed by atoms with Gasteiger partial charge in [-0.05, 0) is 13.0 Å². The minimum atomic E-state index is -0.475. The van der Waals surface area contributed by atoms with Crippen molar-refractivity contribution in [1.82, 2.24) is 15.3 Å². The number of carbonyl (C=O) groups excluding carboxylic acids is 1. The summed E-state index contributed by atoms with van der Waals surface area (Å²) in [6.07, 6.45) is 0. The fourth-order valence-electron chi connectivity index (χ4n) is 1.65. The van der Waals surface area contributed by atoms with E-state index >= 15 is 0 Å². The van der Waals surface area contributed by atoms with Gasteiger partial charge in [0.2, 0.25) is 5.91 Å². The number of non-ortho nitro benzene ring substituents is 1. The van der Waals surface area contributed by atoms with Crippen LogP contribution in [0.2, 0.25) is 0 Å². The van der Waals surface area contributed by atoms with Gasteiger partial charge in [0, 0.05) is 18.2 Å². The van der Waals surface area contributed by atoms with Gasteiger partial charge in [0.15, 0.2) is 5.16 Å². The summed E-state index contributed by atoms with van der Waals surface area (Å²) in [5.74, 6) is -0.0697. The summed E-state index contributed by atoms with van der Waals surface area (Å²) in [6, 6.07) is 4.05. The van der Waals surface area contributed by atoms with Crippen molar-refractivity contribution in [3.63, 3.8) is 0 Å². The Morgan fingerprint density at radius 3 is 3.05 bits per heavy atom. The highest BCUT2D eigenvalue weighted by atomic mass is 32.2. The number of rotatable bonds is 6. The first-order chi connectivity index (χ1) is 9.99. The Bertz CT molecular complexity index is 672. The van der Waals surface area contributed by atoms with Crippen LogP contribution in [0.1, 0.15) is 6.92 Å². The van der Waals surface area contributed by atoms with Crippen LogP contribution in [0.4, 0.5) is 5.69 Å². The molecule has 0 radical (unpaired) electrons. The quantitative estimate of drug-likeness (QED) is 0.417. The maximum Gasteiger partial charge on any atom is 0.271 e. The average Bonchev–Trinajstić information content (AvgIpc) is 2.86. The molecule has 0 aliphatic carbocycles. The topological polar surface area (TPSA) is 121 Å². The zero-order chi connectivity index (χ0) is 15.4. The van der Waals surface area contributed by atoms with Crippen LogP contribution in [0.3, 0.4) is 0 Å². The third-order valence-electron chi connectivity index (χ3n) is 2.68. The zero-order valence-corrected chi connectivity index (χ0v) is 12.0. The van der Waals surface area contributed by atoms with Crippen molar-refractivity contribution >= 4 is 34.4 Å². The molecule has 0 fully saturated rings. The molecule has 0 unspecified atom stereocenters. The number of nitrogens with one attached hydrogen (secondary N) is 2. The van der Waals surface area contributed by atoms with E-state index < -0.39 is 4.92 Å². The second-order valence-electron chi connectivity index (χ2n) is 4.44. The molecule has 3 N–H and O–H groups in total. The summed E-state index contributed by atoms with van der Waals surface area (Å²) in [5, 5.41) is 22.7. The number of H-pyrrole nitrogens is 1. The summed E-state index contributed by atoms with van der Waals surface area (Å²) in [7, 11) is 0. The molecule has 0 aliphatic rings. The van der Waals surface area contributed by atoms with Crippen molar-refractivity contribution < 1.29 is 14.8 Å². The van der Waals surface area contributed by atoms with E-state index in [1.54, 1.807) is 13.0 Å². The second-order valence-corrected chi connectivity index (χ2v) is 5.40. The lowest BCUT2D eigenvalue weighted by Crippen LogP contribution is -2.36. The zero-order valence-electron chi connectivity index (χ0n) is 11.2. The number of aromatic amines is 1. The Kier molecular flexibility index (Phi) is 4.76. The molecule has 0 saturated carbocycles. The number of nitrogens with zero attached hydrogens (tertiary/aromatic N) is 2. The minimum absolute atomic E-state index is 0.0165. The summed E-state index contributed by atoms with van der Waals surface area (Å²) in [5.41, 5.74) is 1.14. The van der Waals surface area contributed by atoms with Gasteiger partial charge in [0.1, 0.15) is 0 Å². The molecular weight excluding hydrogens is 296 g/mol. The first kappa shape index (κ1) is 15.3. The maximum atomic E-state index is 11.6. The Labute approximate surface area is 124 Å². The van der Waals surface area contributed by atoms with E-state index in [0.29, 0.717) is 16.2 Å². The van der Waals surface area contributed by atoms with Crippen molar-refractivity contribution in [3.8, 4) is 0 Å². The smallest absolute Gasteiger partial charge is 0.271 e. The van der Waals surface area contributed by atoms with Gasteiger partial charge in [0.25, 0.3) is 5.69 Å². The molecule has 0 bridgehead atoms. The van der Waals surface area contributed by atoms with Crippen molar-refractivity contribution in [1.29, 1.82) is 0 Å². The third kappa shape index (κ3) is 3.92. The van der Waals surface area contributed by atoms with Gasteiger partial charge in [-0.3, -0.25) is 14.9 Å². The van der Waals surface area contributed by atoms with Gasteiger partial charge in [-0.25, -0.2) is 4.98 Å². The third-order valence-corrected chi connectivity index (χ3v) is 3.55. The van der Waals surface area contributed by atoms with Gasteiger partial charge in [-0.1, -0.05) is 11.8 Å². The number of aromatic nitrogens is 2. The molecule has 0 saturated heterocycles. The number of thioether (sulfide) groups is 1. The van der Waals surface area contributed by atoms with E-state index in [4.69, 9.17) is 5.11 Å². The highest BCUT2D eigenvalue weighted by Crippen LogP contribution is 2.22. The molecule has 21 heavy (non-hydrogen) atoms. The Morgan fingerprint density at radius 1 is 1.62 bits per heavy atom. The number of carbonyl (C=O) groups is 1. The van der Waals surface area contributed by atoms with Crippen molar-refractivity contribution in [3.05, 3.63) is 28.3 Å². The van der Waals surface area contributed by atoms with Crippen LogP contribution in [0.15, 0.2) is 23.4 Å². The van der Waals surface area contributed by atoms with Gasteiger partial charge < -0.3 is 15.4 Å². The van der Waals surface area contributed by atoms with Crippen LogP contribution >= 0.6 is 11.8 Å². The molecule has 0 spiro atoms. The van der Waals surface area contributed by atoms with Crippen LogP contribution in [0.25, 0.3) is 11.0 Å². The van der Waals surface area contributed by atoms with Crippen LogP contribution in [0.5, 0.6) is 0 Å². The van der Waals surface area contributed by atoms with Gasteiger partial charge in [-0.15, -0.1) is 0 Å². The van der Waals surface area contributed by atoms with E-state index in [-0.39, 0.29) is 30.0 Å². The molecule has 1 aromatic heterocycles. The lowest BCUT2D eigenvalue weighted by Gasteiger charge is -2.09. The molecule has 1 aromatic carbocycles. The van der Waals surface area contributed by atoms with E-state index in [0.717, 1.165) is 0 Å². The Balaban J connectivity index is 2.03. The minimum Gasteiger partial charge on any atom is -0.394 e. The lowest BCUT2D eigenvalue weighted by molar-refractivity contribution is -0.384. The summed E-state index contributed by atoms with van der Waals surface area (Å²) in [4.78, 5) is 29.0. The maximum absolute atomic E-state index is 11.6. The predicted octanol–water partition coefficient (Wildman–Crippen LogP) is 1.06. The van der Waals surface area contributed by atoms with Crippen molar-refractivity contribution in [2.45, 2.75) is 18.1 Å². The fourth-order valence-corrected chi connectivity index (χ4v) is 2.35. The van der Waals surface area contributed by atoms with Crippen LogP contribution in [-0.4, -0.2) is 44.3 Å². The van der Waals surface area contributed by atoms with E-state index in [1.165, 1.54) is 23.9 Å². The number of hydrogen-bond donors (Lipinski definition) is 3. The average molecular weight is 310 g/mol. The summed E-state index contributed by atoms with van der Waals surface area (Å²) < 4.78 is 0. The molecule has 0 aliphatic heterocycles. The fraction of sp³-hybridized carbons (Fsp3) is 0.333. The number of hydrogen-bond acceptors (Lipinski definition) is 6. The van der Waals surface area contributed by atoms with Crippen molar-refractivity contribution in [2.75, 3.05) is 12.4 Å². The number of nitro benzene ring substituents is 1. The highest BCUT2D eigenvalue weighted by Gasteiger charge is 2.12. The van der Waals surface area contributed by atoms with Crippen LogP contribution < -0.4 is 5.32 Å². The first-order valence-corrected chi connectivity index (χ1v) is 7.15. The van der Waals surface area contributed by atoms with E-state index in [9.17, 15) is 14.9 Å². The number of imidazole rings is 1. The van der Waals surface area contributed by atoms with E-state index in [1.807, 2.05) is 0 Å². The van der Waals surface area contributed by atoms with Crippen molar-refractivity contribution in [2.24, 2.45) is 0 Å². The normalized spacial score (nSPS) is 12.3. The molecule has 2 rings (SSSR count). The Hall–Kier alpha value is -2.13. The predicted molar refractivity (Wildman–Crippen MR) is 78.2 cm³/mol. The number of fused-ring (bicyclic) bond motifs is 1. The number of amides is 1. The Morgan fingerprint density at radius 2 is 2.38 bits per heavy atom. The molecule has 1 atom stereocenters. The summed E-state index contributed by atoms with van der Waals surface area (Å²) >= 11 is 1.19. The SMILES string of the molecule is C[C@H](CO)NC(=O)CSc1nc2ccc([N+](=O)[O-])cc2[nH]1. The molecule has 8 nitrogen and oxygen atoms in total. The van der Waals surface area contributed by atoms with Crippen LogP contribution in [-0.2, 0) is 4.79 Å². The second kappa shape index (κ2) is 6.55. The number of benzene rings is 1. The number of aliphatic hydroxyl groups is 1. The first-order valence-electron chi connectivity index (χ1n) is 6.16.